The number of unbranched alkanes of at least 4 members (excludes halogenated alkanes) is 28. The second-order valence-corrected chi connectivity index (χ2v) is 16.4. The summed E-state index contributed by atoms with van der Waals surface area (Å²) in [6, 6.07) is 3.01. The lowest BCUT2D eigenvalue weighted by Crippen LogP contribution is -2.07. The summed E-state index contributed by atoms with van der Waals surface area (Å²) < 4.78 is 16.2. The highest BCUT2D eigenvalue weighted by molar-refractivity contribution is 5.90. The summed E-state index contributed by atoms with van der Waals surface area (Å²) in [5, 5.41) is 0. The number of rotatable bonds is 38. The molecule has 0 unspecified atom stereocenters. The van der Waals surface area contributed by atoms with Crippen LogP contribution in [0, 0.1) is 11.8 Å². The van der Waals surface area contributed by atoms with Gasteiger partial charge in [0.15, 0.2) is 0 Å². The molecule has 0 N–H and O–H groups in total. The zero-order chi connectivity index (χ0) is 37.0. The molecule has 5 heteroatoms. The van der Waals surface area contributed by atoms with Crippen molar-refractivity contribution in [3.8, 4) is 0 Å². The third kappa shape index (κ3) is 31.5. The van der Waals surface area contributed by atoms with E-state index in [-0.39, 0.29) is 11.5 Å². The Morgan fingerprint density at radius 2 is 0.608 bits per heavy atom. The fraction of sp³-hybridized carbons (Fsp3) is 0.870. The van der Waals surface area contributed by atoms with Gasteiger partial charge in [-0.1, -0.05) is 220 Å². The summed E-state index contributed by atoms with van der Waals surface area (Å²) in [5.74, 6) is 0.823. The van der Waals surface area contributed by atoms with Crippen molar-refractivity contribution >= 4 is 11.9 Å². The lowest BCUT2D eigenvalue weighted by atomic mass is 10.0. The minimum Gasteiger partial charge on any atom is -0.460 e. The van der Waals surface area contributed by atoms with Gasteiger partial charge in [0.25, 0.3) is 0 Å². The van der Waals surface area contributed by atoms with Crippen LogP contribution in [0.5, 0.6) is 0 Å². The van der Waals surface area contributed by atoms with E-state index in [9.17, 15) is 9.59 Å². The van der Waals surface area contributed by atoms with E-state index in [1.807, 2.05) is 0 Å². The average molecular weight is 717 g/mol. The zero-order valence-electron chi connectivity index (χ0n) is 34.4. The molecule has 51 heavy (non-hydrogen) atoms. The van der Waals surface area contributed by atoms with E-state index in [0.717, 1.165) is 37.5 Å². The molecule has 1 rings (SSSR count). The van der Waals surface area contributed by atoms with Crippen molar-refractivity contribution in [1.29, 1.82) is 0 Å². The van der Waals surface area contributed by atoms with Gasteiger partial charge >= 0.3 is 11.9 Å². The molecular formula is C46H84O5. The predicted molar refractivity (Wildman–Crippen MR) is 217 cm³/mol. The molecule has 0 saturated carbocycles. The van der Waals surface area contributed by atoms with E-state index in [1.165, 1.54) is 192 Å². The minimum absolute atomic E-state index is 0.0658. The maximum Gasteiger partial charge on any atom is 0.374 e. The van der Waals surface area contributed by atoms with E-state index in [1.54, 1.807) is 0 Å². The number of esters is 2. The Labute approximate surface area is 316 Å². The quantitative estimate of drug-likeness (QED) is 0.0503. The van der Waals surface area contributed by atoms with Crippen LogP contribution in [-0.2, 0) is 9.47 Å². The van der Waals surface area contributed by atoms with E-state index < -0.39 is 11.9 Å². The van der Waals surface area contributed by atoms with Crippen LogP contribution in [0.4, 0.5) is 0 Å². The summed E-state index contributed by atoms with van der Waals surface area (Å²) in [6.07, 6.45) is 42.1. The number of hydrogen-bond acceptors (Lipinski definition) is 5. The highest BCUT2D eigenvalue weighted by Crippen LogP contribution is 2.17. The molecule has 0 aliphatic rings. The first-order valence-corrected chi connectivity index (χ1v) is 22.3. The molecule has 1 heterocycles. The third-order valence-electron chi connectivity index (χ3n) is 10.3. The van der Waals surface area contributed by atoms with Crippen molar-refractivity contribution in [2.75, 3.05) is 13.2 Å². The van der Waals surface area contributed by atoms with Gasteiger partial charge in [0.1, 0.15) is 0 Å². The van der Waals surface area contributed by atoms with Crippen LogP contribution in [0.15, 0.2) is 16.5 Å². The summed E-state index contributed by atoms with van der Waals surface area (Å²) in [4.78, 5) is 24.7. The largest absolute Gasteiger partial charge is 0.460 e. The van der Waals surface area contributed by atoms with E-state index in [4.69, 9.17) is 13.9 Å². The van der Waals surface area contributed by atoms with Gasteiger partial charge in [0.2, 0.25) is 11.5 Å². The Morgan fingerprint density at radius 1 is 0.392 bits per heavy atom. The first-order chi connectivity index (χ1) is 24.9. The highest BCUT2D eigenvalue weighted by Gasteiger charge is 2.17. The molecule has 5 nitrogen and oxygen atoms in total. The summed E-state index contributed by atoms with van der Waals surface area (Å²) in [7, 11) is 0. The lowest BCUT2D eigenvalue weighted by molar-refractivity contribution is 0.0426. The van der Waals surface area contributed by atoms with E-state index in [2.05, 4.69) is 27.7 Å². The Balaban J connectivity index is 1.87. The first kappa shape index (κ1) is 47.2. The molecule has 0 radical (unpaired) electrons. The minimum atomic E-state index is -0.511. The van der Waals surface area contributed by atoms with Gasteiger partial charge in [0.05, 0.1) is 13.2 Å². The molecular weight excluding hydrogens is 633 g/mol. The van der Waals surface area contributed by atoms with Crippen molar-refractivity contribution in [3.63, 3.8) is 0 Å². The smallest absolute Gasteiger partial charge is 0.374 e. The normalized spacial score (nSPS) is 11.6. The highest BCUT2D eigenvalue weighted by atomic mass is 16.6. The molecule has 0 spiro atoms. The second-order valence-electron chi connectivity index (χ2n) is 16.4. The molecule has 0 aromatic carbocycles. The Morgan fingerprint density at radius 3 is 0.843 bits per heavy atom. The number of carbonyl (C=O) groups is 2. The van der Waals surface area contributed by atoms with Gasteiger partial charge in [-0.15, -0.1) is 0 Å². The number of ether oxygens (including phenoxy) is 2. The van der Waals surface area contributed by atoms with Crippen molar-refractivity contribution < 1.29 is 23.5 Å². The molecule has 0 amide bonds. The molecule has 0 bridgehead atoms. The zero-order valence-corrected chi connectivity index (χ0v) is 34.4. The van der Waals surface area contributed by atoms with Crippen molar-refractivity contribution in [1.82, 2.24) is 0 Å². The van der Waals surface area contributed by atoms with Crippen molar-refractivity contribution in [3.05, 3.63) is 23.7 Å². The molecule has 298 valence electrons. The van der Waals surface area contributed by atoms with Gasteiger partial charge in [-0.2, -0.15) is 0 Å². The first-order valence-electron chi connectivity index (χ1n) is 22.3. The SMILES string of the molecule is CC(C)CCCCCCCCCCCCCCCCCOC(=O)c1ccc(C(=O)OCCCCCCCCCCCCCCCCCC(C)C)o1. The van der Waals surface area contributed by atoms with Gasteiger partial charge in [0, 0.05) is 0 Å². The number of carbonyl (C=O) groups excluding carboxylic acids is 2. The summed E-state index contributed by atoms with van der Waals surface area (Å²) >= 11 is 0. The third-order valence-corrected chi connectivity index (χ3v) is 10.3. The van der Waals surface area contributed by atoms with E-state index in [0.29, 0.717) is 13.2 Å². The van der Waals surface area contributed by atoms with Crippen LogP contribution in [-0.4, -0.2) is 25.2 Å². The molecule has 0 saturated heterocycles. The van der Waals surface area contributed by atoms with Gasteiger partial charge in [-0.3, -0.25) is 0 Å². The number of furan rings is 1. The molecule has 1 aromatic rings. The topological polar surface area (TPSA) is 65.7 Å². The Hall–Kier alpha value is -1.78. The molecule has 0 aliphatic heterocycles. The van der Waals surface area contributed by atoms with Crippen molar-refractivity contribution in [2.45, 2.75) is 233 Å². The maximum absolute atomic E-state index is 12.3. The number of hydrogen-bond donors (Lipinski definition) is 0. The molecule has 0 atom stereocenters. The average Bonchev–Trinajstić information content (AvgIpc) is 3.61. The Kier molecular flexibility index (Phi) is 32.7. The molecule has 1 aromatic heterocycles. The lowest BCUT2D eigenvalue weighted by Gasteiger charge is -2.05. The van der Waals surface area contributed by atoms with Gasteiger partial charge < -0.3 is 13.9 Å². The van der Waals surface area contributed by atoms with Crippen LogP contribution in [0.3, 0.4) is 0 Å². The van der Waals surface area contributed by atoms with Gasteiger partial charge in [-0.25, -0.2) is 9.59 Å². The van der Waals surface area contributed by atoms with Crippen LogP contribution >= 0.6 is 0 Å². The molecule has 0 aliphatic carbocycles. The summed E-state index contributed by atoms with van der Waals surface area (Å²) in [6.45, 7) is 10.1. The monoisotopic (exact) mass is 717 g/mol. The Bertz CT molecular complexity index is 833. The fourth-order valence-electron chi connectivity index (χ4n) is 6.93. The van der Waals surface area contributed by atoms with Gasteiger partial charge in [-0.05, 0) is 36.8 Å². The van der Waals surface area contributed by atoms with Crippen LogP contribution < -0.4 is 0 Å². The maximum atomic E-state index is 12.3. The summed E-state index contributed by atoms with van der Waals surface area (Å²) in [5.41, 5.74) is 0. The van der Waals surface area contributed by atoms with Crippen LogP contribution in [0.1, 0.15) is 254 Å². The predicted octanol–water partition coefficient (Wildman–Crippen LogP) is 15.4. The molecule has 0 fully saturated rings. The fourth-order valence-corrected chi connectivity index (χ4v) is 6.93. The standard InChI is InChI=1S/C46H84O5/c1-41(2)35-31-27-23-19-15-11-7-5-9-13-17-21-25-29-33-39-49-45(47)43-37-38-44(51-43)46(48)50-40-34-30-26-22-18-14-10-6-8-12-16-20-24-28-32-36-42(3)4/h37-38,41-42H,5-36,39-40H2,1-4H3. The van der Waals surface area contributed by atoms with Crippen LogP contribution in [0.2, 0.25) is 0 Å². The second kappa shape index (κ2) is 35.3. The van der Waals surface area contributed by atoms with E-state index >= 15 is 0 Å². The van der Waals surface area contributed by atoms with Crippen molar-refractivity contribution in [2.24, 2.45) is 11.8 Å². The van der Waals surface area contributed by atoms with Crippen LogP contribution in [0.25, 0.3) is 0 Å².